The van der Waals surface area contributed by atoms with E-state index in [1.165, 1.54) is 12.1 Å². The Balaban J connectivity index is 1.94. The highest BCUT2D eigenvalue weighted by Gasteiger charge is 2.22. The van der Waals surface area contributed by atoms with Gasteiger partial charge in [-0.3, -0.25) is 4.90 Å². The Hall–Kier alpha value is -3.00. The average Bonchev–Trinajstić information content (AvgIpc) is 3.13. The highest BCUT2D eigenvalue weighted by molar-refractivity contribution is 5.43. The summed E-state index contributed by atoms with van der Waals surface area (Å²) < 4.78 is 26.7. The molecule has 0 aliphatic rings. The zero-order valence-electron chi connectivity index (χ0n) is 19.3. The number of methoxy groups -OCH3 is 1. The maximum absolute atomic E-state index is 13.4. The van der Waals surface area contributed by atoms with E-state index in [1.54, 1.807) is 23.9 Å². The van der Waals surface area contributed by atoms with Crippen molar-refractivity contribution < 1.29 is 19.0 Å². The number of benzene rings is 2. The summed E-state index contributed by atoms with van der Waals surface area (Å²) in [6.07, 6.45) is 2.73. The van der Waals surface area contributed by atoms with Crippen LogP contribution in [0.5, 0.6) is 11.6 Å². The minimum atomic E-state index is -0.481. The number of allylic oxidation sites excluding steroid dienone is 1. The number of para-hydroxylation sites is 1. The molecule has 0 amide bonds. The fourth-order valence-electron chi connectivity index (χ4n) is 3.56. The number of aliphatic hydroxyl groups is 1. The van der Waals surface area contributed by atoms with Gasteiger partial charge in [0.15, 0.2) is 0 Å². The maximum Gasteiger partial charge on any atom is 0.227 e. The molecule has 1 atom stereocenters. The maximum atomic E-state index is 13.4. The Kier molecular flexibility index (Phi) is 9.18. The van der Waals surface area contributed by atoms with E-state index in [-0.39, 0.29) is 5.82 Å². The van der Waals surface area contributed by atoms with E-state index < -0.39 is 6.10 Å². The molecular formula is C26H32FN3O3. The molecule has 2 aromatic carbocycles. The summed E-state index contributed by atoms with van der Waals surface area (Å²) in [6, 6.07) is 15.7. The van der Waals surface area contributed by atoms with Crippen molar-refractivity contribution in [2.75, 3.05) is 26.8 Å². The topological polar surface area (TPSA) is 59.8 Å². The molecule has 0 saturated heterocycles. The van der Waals surface area contributed by atoms with E-state index in [1.807, 2.05) is 43.3 Å². The molecule has 3 aromatic rings. The molecule has 7 heteroatoms. The van der Waals surface area contributed by atoms with E-state index in [4.69, 9.17) is 14.6 Å². The van der Waals surface area contributed by atoms with E-state index in [0.717, 1.165) is 23.4 Å². The Morgan fingerprint density at radius 1 is 1.18 bits per heavy atom. The normalized spacial score (nSPS) is 12.2. The van der Waals surface area contributed by atoms with E-state index in [2.05, 4.69) is 11.5 Å². The predicted octanol–water partition coefficient (Wildman–Crippen LogP) is 4.89. The molecular weight excluding hydrogens is 421 g/mol. The molecule has 0 fully saturated rings. The summed E-state index contributed by atoms with van der Waals surface area (Å²) >= 11 is 0. The van der Waals surface area contributed by atoms with Crippen LogP contribution >= 0.6 is 0 Å². The van der Waals surface area contributed by atoms with Crippen LogP contribution in [-0.2, 0) is 11.3 Å². The zero-order valence-corrected chi connectivity index (χ0v) is 19.3. The van der Waals surface area contributed by atoms with Crippen LogP contribution in [0.4, 0.5) is 4.39 Å². The number of hydrogen-bond acceptors (Lipinski definition) is 5. The first-order valence-corrected chi connectivity index (χ1v) is 11.1. The summed E-state index contributed by atoms with van der Waals surface area (Å²) in [5.41, 5.74) is 2.58. The standard InChI is InChI=1S/C26H32FN3O3/c1-4-5-11-23(31)18-29(16-17-32-3)19-25-20(2)28-30(22-9-7-6-8-10-22)26(25)33-24-14-12-21(27)13-15-24/h4,6-10,12-15,23,31H,1,5,11,16-19H2,2-3H3/t23-/m0/s1. The molecule has 0 unspecified atom stereocenters. The van der Waals surface area contributed by atoms with Gasteiger partial charge in [-0.25, -0.2) is 9.07 Å². The van der Waals surface area contributed by atoms with Crippen molar-refractivity contribution in [2.24, 2.45) is 0 Å². The van der Waals surface area contributed by atoms with Gasteiger partial charge in [-0.1, -0.05) is 24.3 Å². The van der Waals surface area contributed by atoms with Gasteiger partial charge in [0.1, 0.15) is 11.6 Å². The number of ether oxygens (including phenoxy) is 2. The smallest absolute Gasteiger partial charge is 0.227 e. The monoisotopic (exact) mass is 453 g/mol. The molecule has 0 spiro atoms. The lowest BCUT2D eigenvalue weighted by Gasteiger charge is -2.25. The Labute approximate surface area is 194 Å². The van der Waals surface area contributed by atoms with Crippen LogP contribution in [0.15, 0.2) is 67.3 Å². The van der Waals surface area contributed by atoms with Gasteiger partial charge in [-0.15, -0.1) is 6.58 Å². The summed E-state index contributed by atoms with van der Waals surface area (Å²) in [7, 11) is 1.66. The average molecular weight is 454 g/mol. The first-order valence-electron chi connectivity index (χ1n) is 11.1. The van der Waals surface area contributed by atoms with Crippen LogP contribution in [0.2, 0.25) is 0 Å². The van der Waals surface area contributed by atoms with Crippen molar-refractivity contribution in [3.63, 3.8) is 0 Å². The van der Waals surface area contributed by atoms with E-state index in [0.29, 0.717) is 44.3 Å². The van der Waals surface area contributed by atoms with Crippen LogP contribution in [0.25, 0.3) is 5.69 Å². The summed E-state index contributed by atoms with van der Waals surface area (Å²) in [5, 5.41) is 15.2. The van der Waals surface area contributed by atoms with Crippen molar-refractivity contribution in [3.8, 4) is 17.3 Å². The first-order chi connectivity index (χ1) is 16.0. The van der Waals surface area contributed by atoms with Gasteiger partial charge in [0, 0.05) is 26.7 Å². The summed E-state index contributed by atoms with van der Waals surface area (Å²) in [5.74, 6) is 0.757. The van der Waals surface area contributed by atoms with Crippen molar-refractivity contribution >= 4 is 0 Å². The molecule has 0 saturated carbocycles. The highest BCUT2D eigenvalue weighted by atomic mass is 19.1. The molecule has 6 nitrogen and oxygen atoms in total. The van der Waals surface area contributed by atoms with E-state index in [9.17, 15) is 9.50 Å². The third-order valence-electron chi connectivity index (χ3n) is 5.33. The summed E-state index contributed by atoms with van der Waals surface area (Å²) in [6.45, 7) is 7.86. The first kappa shape index (κ1) is 24.6. The minimum absolute atomic E-state index is 0.324. The lowest BCUT2D eigenvalue weighted by molar-refractivity contribution is 0.0804. The SMILES string of the molecule is C=CCC[C@H](O)CN(CCOC)Cc1c(C)nn(-c2ccccc2)c1Oc1ccc(F)cc1. The third kappa shape index (κ3) is 6.99. The number of rotatable bonds is 13. The molecule has 3 rings (SSSR count). The van der Waals surface area contributed by atoms with Crippen molar-refractivity contribution in [1.29, 1.82) is 0 Å². The number of nitrogens with zero attached hydrogens (tertiary/aromatic N) is 3. The van der Waals surface area contributed by atoms with Gasteiger partial charge in [0.25, 0.3) is 0 Å². The molecule has 1 heterocycles. The molecule has 1 N–H and O–H groups in total. The van der Waals surface area contributed by atoms with Gasteiger partial charge in [0.05, 0.1) is 29.7 Å². The van der Waals surface area contributed by atoms with Crippen LogP contribution in [0, 0.1) is 12.7 Å². The number of hydrogen-bond donors (Lipinski definition) is 1. The lowest BCUT2D eigenvalue weighted by Crippen LogP contribution is -2.34. The molecule has 0 aliphatic carbocycles. The van der Waals surface area contributed by atoms with Gasteiger partial charge in [0.2, 0.25) is 5.88 Å². The number of aliphatic hydroxyl groups excluding tert-OH is 1. The molecule has 33 heavy (non-hydrogen) atoms. The quantitative estimate of drug-likeness (QED) is 0.374. The Bertz CT molecular complexity index is 1010. The van der Waals surface area contributed by atoms with Gasteiger partial charge >= 0.3 is 0 Å². The van der Waals surface area contributed by atoms with Gasteiger partial charge < -0.3 is 14.6 Å². The fourth-order valence-corrected chi connectivity index (χ4v) is 3.56. The second-order valence-corrected chi connectivity index (χ2v) is 7.92. The largest absolute Gasteiger partial charge is 0.439 e. The van der Waals surface area contributed by atoms with Crippen molar-refractivity contribution in [3.05, 3.63) is 84.3 Å². The Morgan fingerprint density at radius 3 is 2.58 bits per heavy atom. The number of aromatic nitrogens is 2. The molecule has 1 aromatic heterocycles. The van der Waals surface area contributed by atoms with Crippen LogP contribution in [0.1, 0.15) is 24.1 Å². The van der Waals surface area contributed by atoms with Crippen molar-refractivity contribution in [2.45, 2.75) is 32.4 Å². The number of halogens is 1. The van der Waals surface area contributed by atoms with Crippen LogP contribution in [0.3, 0.4) is 0 Å². The zero-order chi connectivity index (χ0) is 23.6. The van der Waals surface area contributed by atoms with Crippen molar-refractivity contribution in [1.82, 2.24) is 14.7 Å². The second kappa shape index (κ2) is 12.3. The van der Waals surface area contributed by atoms with Gasteiger partial charge in [-0.05, 0) is 56.2 Å². The molecule has 0 radical (unpaired) electrons. The molecule has 0 aliphatic heterocycles. The number of aryl methyl sites for hydroxylation is 1. The molecule has 176 valence electrons. The lowest BCUT2D eigenvalue weighted by atomic mass is 10.1. The second-order valence-electron chi connectivity index (χ2n) is 7.92. The minimum Gasteiger partial charge on any atom is -0.439 e. The van der Waals surface area contributed by atoms with E-state index >= 15 is 0 Å². The predicted molar refractivity (Wildman–Crippen MR) is 127 cm³/mol. The highest BCUT2D eigenvalue weighted by Crippen LogP contribution is 2.31. The third-order valence-corrected chi connectivity index (χ3v) is 5.33. The van der Waals surface area contributed by atoms with Crippen LogP contribution < -0.4 is 4.74 Å². The fraction of sp³-hybridized carbons (Fsp3) is 0.346. The van der Waals surface area contributed by atoms with Gasteiger partial charge in [-0.2, -0.15) is 5.10 Å². The molecule has 0 bridgehead atoms. The van der Waals surface area contributed by atoms with Crippen LogP contribution in [-0.4, -0.2) is 52.7 Å². The Morgan fingerprint density at radius 2 is 1.91 bits per heavy atom. The summed E-state index contributed by atoms with van der Waals surface area (Å²) in [4.78, 5) is 2.13.